The number of amides is 1. The number of benzene rings is 3. The van der Waals surface area contributed by atoms with Crippen molar-refractivity contribution in [1.29, 1.82) is 0 Å². The molecule has 4 nitrogen and oxygen atoms in total. The van der Waals surface area contributed by atoms with Crippen LogP contribution in [-0.4, -0.2) is 16.0 Å². The molecule has 1 atom stereocenters. The predicted molar refractivity (Wildman–Crippen MR) is 106 cm³/mol. The second-order valence-corrected chi connectivity index (χ2v) is 7.02. The van der Waals surface area contributed by atoms with E-state index in [0.29, 0.717) is 5.56 Å². The molecule has 0 fully saturated rings. The van der Waals surface area contributed by atoms with Gasteiger partial charge < -0.3 is 15.4 Å². The van der Waals surface area contributed by atoms with Crippen molar-refractivity contribution in [3.05, 3.63) is 95.2 Å². The molecule has 132 valence electrons. The summed E-state index contributed by atoms with van der Waals surface area (Å²) in [5.74, 6) is -0.0490. The van der Waals surface area contributed by atoms with Crippen molar-refractivity contribution in [2.45, 2.75) is 12.3 Å². The highest BCUT2D eigenvalue weighted by molar-refractivity contribution is 6.13. The number of carbonyl (C=O) groups is 1. The minimum atomic E-state index is -1.12. The molecule has 1 amide bonds. The van der Waals surface area contributed by atoms with Gasteiger partial charge in [-0.2, -0.15) is 0 Å². The quantitative estimate of drug-likeness (QED) is 0.497. The third-order valence-corrected chi connectivity index (χ3v) is 5.47. The molecule has 1 aliphatic heterocycles. The van der Waals surface area contributed by atoms with Crippen molar-refractivity contribution in [3.63, 3.8) is 0 Å². The lowest BCUT2D eigenvalue weighted by atomic mass is 9.69. The van der Waals surface area contributed by atoms with E-state index >= 15 is 0 Å². The highest BCUT2D eigenvalue weighted by Crippen LogP contribution is 2.51. The van der Waals surface area contributed by atoms with Crippen molar-refractivity contribution >= 4 is 22.5 Å². The molecule has 0 aliphatic carbocycles. The Morgan fingerprint density at radius 3 is 2.56 bits per heavy atom. The zero-order valence-electron chi connectivity index (χ0n) is 14.8. The number of carbonyl (C=O) groups excluding carboxylic acids is 1. The minimum Gasteiger partial charge on any atom is -0.508 e. The van der Waals surface area contributed by atoms with E-state index in [1.54, 1.807) is 6.07 Å². The average molecular weight is 354 g/mol. The molecule has 27 heavy (non-hydrogen) atoms. The van der Waals surface area contributed by atoms with Gasteiger partial charge >= 0.3 is 0 Å². The number of H-pyrrole nitrogens is 1. The first-order chi connectivity index (χ1) is 13.1. The van der Waals surface area contributed by atoms with Gasteiger partial charge in [-0.1, -0.05) is 54.1 Å². The molecule has 0 radical (unpaired) electrons. The number of para-hydroxylation sites is 2. The van der Waals surface area contributed by atoms with E-state index in [1.165, 1.54) is 0 Å². The molecular formula is C23H18N2O2. The largest absolute Gasteiger partial charge is 0.508 e. The van der Waals surface area contributed by atoms with Gasteiger partial charge in [0.2, 0.25) is 5.91 Å². The van der Waals surface area contributed by atoms with Crippen LogP contribution in [0, 0.1) is 6.92 Å². The Kier molecular flexibility index (Phi) is 3.19. The third kappa shape index (κ3) is 2.01. The number of aromatic amines is 1. The molecule has 3 N–H and O–H groups in total. The van der Waals surface area contributed by atoms with E-state index in [2.05, 4.69) is 10.3 Å². The number of hydrogen-bond donors (Lipinski definition) is 3. The first-order valence-corrected chi connectivity index (χ1v) is 8.90. The molecule has 4 heteroatoms. The number of hydrogen-bond acceptors (Lipinski definition) is 2. The molecular weight excluding hydrogens is 336 g/mol. The Bertz CT molecular complexity index is 1210. The Balaban J connectivity index is 1.96. The van der Waals surface area contributed by atoms with Crippen LogP contribution < -0.4 is 5.32 Å². The highest BCUT2D eigenvalue weighted by Gasteiger charge is 2.52. The lowest BCUT2D eigenvalue weighted by Gasteiger charge is -2.29. The number of phenols is 1. The maximum absolute atomic E-state index is 13.5. The van der Waals surface area contributed by atoms with E-state index in [-0.39, 0.29) is 11.7 Å². The van der Waals surface area contributed by atoms with Crippen LogP contribution in [0.2, 0.25) is 0 Å². The summed E-state index contributed by atoms with van der Waals surface area (Å²) in [5.41, 5.74) is 3.87. The maximum Gasteiger partial charge on any atom is 0.244 e. The molecule has 0 saturated heterocycles. The van der Waals surface area contributed by atoms with Gasteiger partial charge in [0.15, 0.2) is 0 Å². The van der Waals surface area contributed by atoms with Crippen molar-refractivity contribution in [2.75, 3.05) is 5.32 Å². The van der Waals surface area contributed by atoms with Crippen LogP contribution in [0.4, 0.5) is 5.69 Å². The summed E-state index contributed by atoms with van der Waals surface area (Å²) in [6.45, 7) is 1.96. The first-order valence-electron chi connectivity index (χ1n) is 8.90. The molecule has 4 aromatic rings. The van der Waals surface area contributed by atoms with E-state index < -0.39 is 5.41 Å². The van der Waals surface area contributed by atoms with Crippen LogP contribution in [-0.2, 0) is 10.2 Å². The monoisotopic (exact) mass is 354 g/mol. The standard InChI is InChI=1S/C23H18N2O2/c1-14-10-11-21(26)17(12-14)23(16-7-3-5-9-20(16)25-22(23)27)18-13-24-19-8-4-2-6-15(18)19/h2-13,24,26H,1H3,(H,25,27). The molecule has 3 aromatic carbocycles. The number of anilines is 1. The van der Waals surface area contributed by atoms with Gasteiger partial charge in [-0.05, 0) is 25.1 Å². The van der Waals surface area contributed by atoms with Gasteiger partial charge in [0.1, 0.15) is 11.2 Å². The van der Waals surface area contributed by atoms with E-state index in [0.717, 1.165) is 33.3 Å². The Hall–Kier alpha value is -3.53. The van der Waals surface area contributed by atoms with Crippen molar-refractivity contribution in [2.24, 2.45) is 0 Å². The first kappa shape index (κ1) is 15.7. The molecule has 2 heterocycles. The van der Waals surface area contributed by atoms with Crippen molar-refractivity contribution in [1.82, 2.24) is 4.98 Å². The summed E-state index contributed by atoms with van der Waals surface area (Å²) in [6, 6.07) is 21.0. The lowest BCUT2D eigenvalue weighted by Crippen LogP contribution is -2.37. The summed E-state index contributed by atoms with van der Waals surface area (Å²) in [5, 5.41) is 14.8. The number of aromatic hydroxyl groups is 1. The molecule has 1 aromatic heterocycles. The van der Waals surface area contributed by atoms with Gasteiger partial charge in [0.25, 0.3) is 0 Å². The number of fused-ring (bicyclic) bond motifs is 2. The number of aryl methyl sites for hydroxylation is 1. The fourth-order valence-electron chi connectivity index (χ4n) is 4.27. The van der Waals surface area contributed by atoms with Crippen LogP contribution >= 0.6 is 0 Å². The predicted octanol–water partition coefficient (Wildman–Crippen LogP) is 4.47. The van der Waals surface area contributed by atoms with Crippen LogP contribution in [0.25, 0.3) is 10.9 Å². The SMILES string of the molecule is Cc1ccc(O)c(C2(c3c[nH]c4ccccc34)C(=O)Nc3ccccc32)c1. The number of aromatic nitrogens is 1. The van der Waals surface area contributed by atoms with Gasteiger partial charge in [-0.3, -0.25) is 4.79 Å². The Labute approximate surface area is 156 Å². The topological polar surface area (TPSA) is 65.1 Å². The molecule has 0 spiro atoms. The van der Waals surface area contributed by atoms with Crippen LogP contribution in [0.15, 0.2) is 72.9 Å². The van der Waals surface area contributed by atoms with Gasteiger partial charge in [0.05, 0.1) is 0 Å². The van der Waals surface area contributed by atoms with E-state index in [9.17, 15) is 9.90 Å². The van der Waals surface area contributed by atoms with Gasteiger partial charge in [-0.15, -0.1) is 0 Å². The fraction of sp³-hybridized carbons (Fsp3) is 0.0870. The Morgan fingerprint density at radius 2 is 1.67 bits per heavy atom. The zero-order valence-corrected chi connectivity index (χ0v) is 14.8. The highest BCUT2D eigenvalue weighted by atomic mass is 16.3. The molecule has 1 unspecified atom stereocenters. The molecule has 5 rings (SSSR count). The second kappa shape index (κ2) is 5.48. The number of rotatable bonds is 2. The molecule has 1 aliphatic rings. The summed E-state index contributed by atoms with van der Waals surface area (Å²) in [7, 11) is 0. The number of nitrogens with one attached hydrogen (secondary N) is 2. The fourth-order valence-corrected chi connectivity index (χ4v) is 4.27. The summed E-state index contributed by atoms with van der Waals surface area (Å²) in [6.07, 6.45) is 1.88. The van der Waals surface area contributed by atoms with E-state index in [1.807, 2.05) is 73.8 Å². The van der Waals surface area contributed by atoms with Crippen molar-refractivity contribution in [3.8, 4) is 5.75 Å². The summed E-state index contributed by atoms with van der Waals surface area (Å²) in [4.78, 5) is 16.8. The average Bonchev–Trinajstić information content (AvgIpc) is 3.23. The van der Waals surface area contributed by atoms with Crippen molar-refractivity contribution < 1.29 is 9.90 Å². The van der Waals surface area contributed by atoms with Crippen LogP contribution in [0.3, 0.4) is 0 Å². The maximum atomic E-state index is 13.5. The smallest absolute Gasteiger partial charge is 0.244 e. The van der Waals surface area contributed by atoms with Gasteiger partial charge in [0, 0.05) is 39.5 Å². The minimum absolute atomic E-state index is 0.109. The normalized spacial score (nSPS) is 18.5. The number of phenolic OH excluding ortho intramolecular Hbond substituents is 1. The second-order valence-electron chi connectivity index (χ2n) is 7.02. The van der Waals surface area contributed by atoms with E-state index in [4.69, 9.17) is 0 Å². The summed E-state index contributed by atoms with van der Waals surface area (Å²) < 4.78 is 0. The van der Waals surface area contributed by atoms with Crippen LogP contribution in [0.1, 0.15) is 22.3 Å². The zero-order chi connectivity index (χ0) is 18.6. The third-order valence-electron chi connectivity index (χ3n) is 5.47. The lowest BCUT2D eigenvalue weighted by molar-refractivity contribution is -0.118. The van der Waals surface area contributed by atoms with Gasteiger partial charge in [-0.25, -0.2) is 0 Å². The van der Waals surface area contributed by atoms with Crippen LogP contribution in [0.5, 0.6) is 5.75 Å². The molecule has 0 saturated carbocycles. The Morgan fingerprint density at radius 1 is 0.889 bits per heavy atom. The summed E-state index contributed by atoms with van der Waals surface area (Å²) >= 11 is 0. The molecule has 0 bridgehead atoms.